The lowest BCUT2D eigenvalue weighted by Crippen LogP contribution is -2.51. The number of hydrogen-bond donors (Lipinski definition) is 0. The largest absolute Gasteiger partial charge is 0.368 e. The maximum atomic E-state index is 13.8. The van der Waals surface area contributed by atoms with E-state index in [4.69, 9.17) is 0 Å². The molecule has 2 saturated heterocycles. The van der Waals surface area contributed by atoms with Gasteiger partial charge in [0.25, 0.3) is 5.91 Å². The number of rotatable bonds is 4. The summed E-state index contributed by atoms with van der Waals surface area (Å²) in [5.74, 6) is 0.0197. The van der Waals surface area contributed by atoms with Crippen molar-refractivity contribution >= 4 is 28.8 Å². The number of hydrogen-bond acceptors (Lipinski definition) is 4. The molecule has 2 atom stereocenters. The summed E-state index contributed by atoms with van der Waals surface area (Å²) in [6, 6.07) is 20.6. The molecule has 3 heterocycles. The highest BCUT2D eigenvalue weighted by atomic mass is 32.1. The van der Waals surface area contributed by atoms with Crippen LogP contribution in [0, 0.1) is 19.8 Å². The van der Waals surface area contributed by atoms with Crippen molar-refractivity contribution in [2.45, 2.75) is 19.8 Å². The number of benzene rings is 2. The van der Waals surface area contributed by atoms with Gasteiger partial charge in [0, 0.05) is 50.9 Å². The number of aryl methyl sites for hydroxylation is 2. The van der Waals surface area contributed by atoms with E-state index < -0.39 is 0 Å². The zero-order valence-corrected chi connectivity index (χ0v) is 20.6. The van der Waals surface area contributed by atoms with E-state index in [0.717, 1.165) is 23.5 Å². The van der Waals surface area contributed by atoms with Gasteiger partial charge in [-0.1, -0.05) is 54.1 Å². The Morgan fingerprint density at radius 2 is 1.56 bits per heavy atom. The predicted octanol–water partition coefficient (Wildman–Crippen LogP) is 4.57. The highest BCUT2D eigenvalue weighted by Crippen LogP contribution is 2.36. The maximum Gasteiger partial charge on any atom is 0.263 e. The number of para-hydroxylation sites is 1. The van der Waals surface area contributed by atoms with Gasteiger partial charge in [0.1, 0.15) is 0 Å². The van der Waals surface area contributed by atoms with Crippen LogP contribution in [0.5, 0.6) is 0 Å². The first-order chi connectivity index (χ1) is 16.5. The van der Waals surface area contributed by atoms with E-state index in [1.54, 1.807) is 0 Å². The van der Waals surface area contributed by atoms with Gasteiger partial charge in [0.2, 0.25) is 5.91 Å². The second-order valence-electron chi connectivity index (χ2n) is 9.41. The molecule has 0 unspecified atom stereocenters. The molecule has 5 nitrogen and oxygen atoms in total. The fourth-order valence-corrected chi connectivity index (χ4v) is 5.94. The molecular formula is C28H31N3O2S. The van der Waals surface area contributed by atoms with Crippen LogP contribution in [-0.2, 0) is 4.79 Å². The molecule has 3 aromatic rings. The van der Waals surface area contributed by atoms with Gasteiger partial charge in [-0.2, -0.15) is 0 Å². The van der Waals surface area contributed by atoms with Gasteiger partial charge in [0.05, 0.1) is 10.8 Å². The first-order valence-corrected chi connectivity index (χ1v) is 12.9. The van der Waals surface area contributed by atoms with Gasteiger partial charge in [0.15, 0.2) is 0 Å². The summed E-state index contributed by atoms with van der Waals surface area (Å²) in [7, 11) is 0. The fourth-order valence-electron chi connectivity index (χ4n) is 5.25. The van der Waals surface area contributed by atoms with E-state index in [2.05, 4.69) is 67.3 Å². The van der Waals surface area contributed by atoms with Crippen LogP contribution in [0.15, 0.2) is 66.0 Å². The quantitative estimate of drug-likeness (QED) is 0.558. The van der Waals surface area contributed by atoms with Gasteiger partial charge in [-0.15, -0.1) is 11.3 Å². The summed E-state index contributed by atoms with van der Waals surface area (Å²) in [6.45, 7) is 8.35. The van der Waals surface area contributed by atoms with E-state index in [0.29, 0.717) is 26.2 Å². The molecule has 2 aliphatic rings. The Kier molecular flexibility index (Phi) is 6.42. The summed E-state index contributed by atoms with van der Waals surface area (Å²) in [6.07, 6.45) is 0. The Morgan fingerprint density at radius 1 is 0.824 bits per heavy atom. The van der Waals surface area contributed by atoms with Crippen molar-refractivity contribution in [1.82, 2.24) is 9.80 Å². The van der Waals surface area contributed by atoms with Gasteiger partial charge >= 0.3 is 0 Å². The second kappa shape index (κ2) is 9.63. The van der Waals surface area contributed by atoms with Crippen LogP contribution in [0.1, 0.15) is 32.3 Å². The van der Waals surface area contributed by atoms with Crippen LogP contribution in [0.4, 0.5) is 5.69 Å². The summed E-state index contributed by atoms with van der Waals surface area (Å²) in [5.41, 5.74) is 4.85. The predicted molar refractivity (Wildman–Crippen MR) is 138 cm³/mol. The van der Waals surface area contributed by atoms with Crippen LogP contribution < -0.4 is 4.90 Å². The average Bonchev–Trinajstić information content (AvgIpc) is 3.55. The van der Waals surface area contributed by atoms with Crippen LogP contribution in [0.25, 0.3) is 0 Å². The standard InChI is InChI=1S/C28H31N3O2S/c1-20-9-11-22(12-10-20)23-18-31(28(33)26-8-5-17-34-26)19-24(23)27(32)30-15-13-29(14-16-30)25-7-4-3-6-21(25)2/h3-12,17,23-24H,13-16,18-19H2,1-2H3/t23-,24+/m1/s1. The van der Waals surface area contributed by atoms with Crippen molar-refractivity contribution in [3.05, 3.63) is 87.6 Å². The lowest BCUT2D eigenvalue weighted by Gasteiger charge is -2.38. The third-order valence-corrected chi connectivity index (χ3v) is 8.07. The smallest absolute Gasteiger partial charge is 0.263 e. The van der Waals surface area contributed by atoms with Crippen molar-refractivity contribution in [2.24, 2.45) is 5.92 Å². The second-order valence-corrected chi connectivity index (χ2v) is 10.4. The Labute approximate surface area is 205 Å². The Balaban J connectivity index is 1.33. The molecule has 176 valence electrons. The molecule has 0 saturated carbocycles. The van der Waals surface area contributed by atoms with Gasteiger partial charge in [-0.25, -0.2) is 0 Å². The first-order valence-electron chi connectivity index (χ1n) is 12.0. The molecule has 2 fully saturated rings. The minimum absolute atomic E-state index is 0.0198. The number of amides is 2. The summed E-state index contributed by atoms with van der Waals surface area (Å²) >= 11 is 1.46. The van der Waals surface area contributed by atoms with Crippen molar-refractivity contribution in [1.29, 1.82) is 0 Å². The molecule has 1 aromatic heterocycles. The lowest BCUT2D eigenvalue weighted by atomic mass is 9.87. The number of anilines is 1. The van der Waals surface area contributed by atoms with Crippen molar-refractivity contribution in [2.75, 3.05) is 44.2 Å². The van der Waals surface area contributed by atoms with E-state index in [1.165, 1.54) is 28.2 Å². The van der Waals surface area contributed by atoms with Crippen molar-refractivity contribution in [3.63, 3.8) is 0 Å². The van der Waals surface area contributed by atoms with E-state index in [1.807, 2.05) is 27.3 Å². The molecule has 5 rings (SSSR count). The third-order valence-electron chi connectivity index (χ3n) is 7.21. The maximum absolute atomic E-state index is 13.8. The molecular weight excluding hydrogens is 442 g/mol. The zero-order valence-electron chi connectivity index (χ0n) is 19.8. The SMILES string of the molecule is Cc1ccc([C@H]2CN(C(=O)c3cccs3)C[C@@H]2C(=O)N2CCN(c3ccccc3C)CC2)cc1. The Morgan fingerprint density at radius 3 is 2.24 bits per heavy atom. The number of piperazine rings is 1. The number of nitrogens with zero attached hydrogens (tertiary/aromatic N) is 3. The van der Waals surface area contributed by atoms with Crippen molar-refractivity contribution < 1.29 is 9.59 Å². The molecule has 0 bridgehead atoms. The molecule has 0 spiro atoms. The molecule has 2 aromatic carbocycles. The molecule has 2 amide bonds. The summed E-state index contributed by atoms with van der Waals surface area (Å²) < 4.78 is 0. The lowest BCUT2D eigenvalue weighted by molar-refractivity contribution is -0.135. The molecule has 6 heteroatoms. The van der Waals surface area contributed by atoms with Gasteiger partial charge < -0.3 is 14.7 Å². The summed E-state index contributed by atoms with van der Waals surface area (Å²) in [5, 5.41) is 1.93. The number of thiophene rings is 1. The molecule has 34 heavy (non-hydrogen) atoms. The van der Waals surface area contributed by atoms with Crippen LogP contribution >= 0.6 is 11.3 Å². The molecule has 0 N–H and O–H groups in total. The van der Waals surface area contributed by atoms with Crippen molar-refractivity contribution in [3.8, 4) is 0 Å². The molecule has 2 aliphatic heterocycles. The fraction of sp³-hybridized carbons (Fsp3) is 0.357. The molecule has 0 aliphatic carbocycles. The molecule has 0 radical (unpaired) electrons. The van der Waals surface area contributed by atoms with Gasteiger partial charge in [-0.3, -0.25) is 9.59 Å². The highest BCUT2D eigenvalue weighted by molar-refractivity contribution is 7.12. The number of carbonyl (C=O) groups excluding carboxylic acids is 2. The number of likely N-dealkylation sites (tertiary alicyclic amines) is 1. The zero-order chi connectivity index (χ0) is 23.7. The first kappa shape index (κ1) is 22.7. The topological polar surface area (TPSA) is 43.9 Å². The third kappa shape index (κ3) is 4.47. The summed E-state index contributed by atoms with van der Waals surface area (Å²) in [4.78, 5) is 33.9. The van der Waals surface area contributed by atoms with Gasteiger partial charge in [-0.05, 0) is 42.5 Å². The minimum Gasteiger partial charge on any atom is -0.368 e. The van der Waals surface area contributed by atoms with Crippen LogP contribution in [-0.4, -0.2) is 60.9 Å². The number of carbonyl (C=O) groups is 2. The monoisotopic (exact) mass is 473 g/mol. The van der Waals surface area contributed by atoms with E-state index >= 15 is 0 Å². The van der Waals surface area contributed by atoms with Crippen LogP contribution in [0.3, 0.4) is 0 Å². The Hall–Kier alpha value is -3.12. The normalized spacial score (nSPS) is 20.6. The average molecular weight is 474 g/mol. The minimum atomic E-state index is -0.211. The van der Waals surface area contributed by atoms with E-state index in [9.17, 15) is 9.59 Å². The highest BCUT2D eigenvalue weighted by Gasteiger charge is 2.42. The Bertz CT molecular complexity index is 1150. The van der Waals surface area contributed by atoms with E-state index in [-0.39, 0.29) is 23.7 Å². The van der Waals surface area contributed by atoms with Crippen LogP contribution in [0.2, 0.25) is 0 Å².